The number of para-hydroxylation sites is 1. The summed E-state index contributed by atoms with van der Waals surface area (Å²) in [6.07, 6.45) is 0.882. The zero-order chi connectivity index (χ0) is 20.1. The maximum absolute atomic E-state index is 12.2. The molecule has 0 bridgehead atoms. The number of carbonyl (C=O) groups excluding carboxylic acids is 1. The van der Waals surface area contributed by atoms with E-state index in [0.29, 0.717) is 38.1 Å². The van der Waals surface area contributed by atoms with E-state index in [4.69, 9.17) is 10.5 Å². The normalized spacial score (nSPS) is 21.2. The molecule has 1 aromatic carbocycles. The molecule has 28 heavy (non-hydrogen) atoms. The van der Waals surface area contributed by atoms with E-state index < -0.39 is 5.60 Å². The molecule has 0 radical (unpaired) electrons. The number of aliphatic imine (C=N–C) groups is 1. The average Bonchev–Trinajstić information content (AvgIpc) is 3.15. The maximum atomic E-state index is 12.2. The molecule has 1 amide bonds. The van der Waals surface area contributed by atoms with Crippen molar-refractivity contribution >= 4 is 17.7 Å². The summed E-state index contributed by atoms with van der Waals surface area (Å²) in [4.78, 5) is 23.0. The van der Waals surface area contributed by atoms with Gasteiger partial charge in [-0.1, -0.05) is 18.2 Å². The van der Waals surface area contributed by atoms with Crippen LogP contribution in [0.15, 0.2) is 35.3 Å². The van der Waals surface area contributed by atoms with Gasteiger partial charge in [-0.15, -0.1) is 0 Å². The van der Waals surface area contributed by atoms with Crippen LogP contribution in [-0.2, 0) is 4.74 Å². The molecule has 2 fully saturated rings. The highest BCUT2D eigenvalue weighted by Crippen LogP contribution is 2.23. The fraction of sp³-hybridized carbons (Fsp3) is 0.619. The summed E-state index contributed by atoms with van der Waals surface area (Å²) in [6, 6.07) is 10.5. The van der Waals surface area contributed by atoms with Gasteiger partial charge in [0.05, 0.1) is 0 Å². The quantitative estimate of drug-likeness (QED) is 0.637. The topological polar surface area (TPSA) is 74.4 Å². The lowest BCUT2D eigenvalue weighted by Gasteiger charge is -2.36. The molecule has 3 rings (SSSR count). The van der Waals surface area contributed by atoms with Gasteiger partial charge in [0.25, 0.3) is 0 Å². The third-order valence-electron chi connectivity index (χ3n) is 5.17. The molecule has 0 spiro atoms. The number of carbonyl (C=O) groups is 1. The summed E-state index contributed by atoms with van der Waals surface area (Å²) in [7, 11) is 0. The molecule has 2 saturated heterocycles. The monoisotopic (exact) mass is 387 g/mol. The molecule has 2 aliphatic heterocycles. The largest absolute Gasteiger partial charge is 0.444 e. The van der Waals surface area contributed by atoms with Crippen molar-refractivity contribution in [2.24, 2.45) is 16.6 Å². The Morgan fingerprint density at radius 3 is 2.39 bits per heavy atom. The van der Waals surface area contributed by atoms with Crippen LogP contribution in [0.2, 0.25) is 0 Å². The van der Waals surface area contributed by atoms with E-state index in [0.717, 1.165) is 26.1 Å². The Kier molecular flexibility index (Phi) is 6.31. The molecule has 1 atom stereocenters. The van der Waals surface area contributed by atoms with Gasteiger partial charge in [0.2, 0.25) is 0 Å². The Balaban J connectivity index is 1.43. The maximum Gasteiger partial charge on any atom is 0.410 e. The Bertz CT molecular complexity index is 678. The summed E-state index contributed by atoms with van der Waals surface area (Å²) < 4.78 is 5.44. The molecule has 0 aromatic heterocycles. The zero-order valence-electron chi connectivity index (χ0n) is 17.3. The number of hydrogen-bond acceptors (Lipinski definition) is 4. The Hall–Kier alpha value is -2.44. The van der Waals surface area contributed by atoms with Crippen molar-refractivity contribution in [2.45, 2.75) is 32.8 Å². The second-order valence-electron chi connectivity index (χ2n) is 8.59. The van der Waals surface area contributed by atoms with Gasteiger partial charge in [-0.2, -0.15) is 0 Å². The first-order chi connectivity index (χ1) is 13.3. The van der Waals surface area contributed by atoms with E-state index in [-0.39, 0.29) is 6.09 Å². The van der Waals surface area contributed by atoms with Gasteiger partial charge in [0.1, 0.15) is 5.60 Å². The minimum Gasteiger partial charge on any atom is -0.444 e. The Morgan fingerprint density at radius 2 is 1.75 bits per heavy atom. The van der Waals surface area contributed by atoms with Crippen LogP contribution in [0.3, 0.4) is 0 Å². The van der Waals surface area contributed by atoms with Crippen molar-refractivity contribution in [1.29, 1.82) is 0 Å². The van der Waals surface area contributed by atoms with Crippen LogP contribution in [0.1, 0.15) is 27.2 Å². The van der Waals surface area contributed by atoms with Crippen LogP contribution >= 0.6 is 0 Å². The van der Waals surface area contributed by atoms with Gasteiger partial charge in [-0.3, -0.25) is 4.99 Å². The molecule has 0 saturated carbocycles. The Labute approximate surface area is 168 Å². The second kappa shape index (κ2) is 8.71. The summed E-state index contributed by atoms with van der Waals surface area (Å²) in [5.41, 5.74) is 7.03. The smallest absolute Gasteiger partial charge is 0.410 e. The Morgan fingerprint density at radius 1 is 1.11 bits per heavy atom. The predicted molar refractivity (Wildman–Crippen MR) is 113 cm³/mol. The first-order valence-corrected chi connectivity index (χ1v) is 10.1. The first kappa shape index (κ1) is 20.3. The highest BCUT2D eigenvalue weighted by molar-refractivity contribution is 5.78. The van der Waals surface area contributed by atoms with Gasteiger partial charge in [0.15, 0.2) is 5.96 Å². The minimum atomic E-state index is -0.469. The number of amides is 1. The molecule has 1 aromatic rings. The molecule has 7 heteroatoms. The third kappa shape index (κ3) is 5.53. The van der Waals surface area contributed by atoms with Crippen LogP contribution in [0.5, 0.6) is 0 Å². The van der Waals surface area contributed by atoms with Gasteiger partial charge < -0.3 is 25.2 Å². The van der Waals surface area contributed by atoms with Crippen molar-refractivity contribution in [3.8, 4) is 0 Å². The second-order valence-corrected chi connectivity index (χ2v) is 8.59. The third-order valence-corrected chi connectivity index (χ3v) is 5.17. The van der Waals surface area contributed by atoms with Gasteiger partial charge in [0, 0.05) is 51.5 Å². The van der Waals surface area contributed by atoms with Crippen molar-refractivity contribution < 1.29 is 9.53 Å². The number of nitrogens with two attached hydrogens (primary N) is 1. The molecule has 154 valence electrons. The summed E-state index contributed by atoms with van der Waals surface area (Å²) in [5.74, 6) is 1.11. The summed E-state index contributed by atoms with van der Waals surface area (Å²) in [5, 5.41) is 0. The van der Waals surface area contributed by atoms with Crippen LogP contribution in [0.25, 0.3) is 0 Å². The summed E-state index contributed by atoms with van der Waals surface area (Å²) in [6.45, 7) is 11.1. The molecule has 7 nitrogen and oxygen atoms in total. The first-order valence-electron chi connectivity index (χ1n) is 10.1. The van der Waals surface area contributed by atoms with Gasteiger partial charge >= 0.3 is 6.09 Å². The number of piperazine rings is 1. The minimum absolute atomic E-state index is 0.255. The van der Waals surface area contributed by atoms with E-state index in [1.54, 1.807) is 4.90 Å². The molecule has 2 aliphatic rings. The van der Waals surface area contributed by atoms with E-state index in [9.17, 15) is 4.79 Å². The van der Waals surface area contributed by atoms with Crippen LogP contribution in [0.4, 0.5) is 10.5 Å². The lowest BCUT2D eigenvalue weighted by atomic mass is 10.1. The van der Waals surface area contributed by atoms with Crippen molar-refractivity contribution in [2.75, 3.05) is 50.7 Å². The standard InChI is InChI=1S/C21H33N5O2/c1-21(2,3)28-20(27)25-13-11-24(12-14-25)19(22)23-15-17-9-10-26(16-17)18-7-5-4-6-8-18/h4-8,17H,9-16H2,1-3H3,(H2,22,23). The van der Waals surface area contributed by atoms with E-state index in [1.807, 2.05) is 26.8 Å². The fourth-order valence-electron chi connectivity index (χ4n) is 3.62. The predicted octanol–water partition coefficient (Wildman–Crippen LogP) is 2.38. The molecule has 2 N–H and O–H groups in total. The highest BCUT2D eigenvalue weighted by atomic mass is 16.6. The number of hydrogen-bond donors (Lipinski definition) is 1. The molecule has 2 heterocycles. The number of anilines is 1. The lowest BCUT2D eigenvalue weighted by molar-refractivity contribution is 0.0186. The SMILES string of the molecule is CC(C)(C)OC(=O)N1CCN(C(N)=NCC2CCN(c3ccccc3)C2)CC1. The number of guanidine groups is 1. The van der Waals surface area contributed by atoms with E-state index in [2.05, 4.69) is 39.1 Å². The zero-order valence-corrected chi connectivity index (χ0v) is 17.3. The number of rotatable bonds is 3. The van der Waals surface area contributed by atoms with Crippen molar-refractivity contribution in [3.05, 3.63) is 30.3 Å². The number of nitrogens with zero attached hydrogens (tertiary/aromatic N) is 4. The average molecular weight is 388 g/mol. The molecule has 1 unspecified atom stereocenters. The van der Waals surface area contributed by atoms with Crippen LogP contribution in [-0.4, -0.2) is 73.3 Å². The van der Waals surface area contributed by atoms with Crippen molar-refractivity contribution in [3.63, 3.8) is 0 Å². The van der Waals surface area contributed by atoms with E-state index in [1.165, 1.54) is 5.69 Å². The summed E-state index contributed by atoms with van der Waals surface area (Å²) >= 11 is 0. The molecular weight excluding hydrogens is 354 g/mol. The number of ether oxygens (including phenoxy) is 1. The molecule has 0 aliphatic carbocycles. The van der Waals surface area contributed by atoms with Crippen molar-refractivity contribution in [1.82, 2.24) is 9.80 Å². The molecular formula is C21H33N5O2. The van der Waals surface area contributed by atoms with Gasteiger partial charge in [-0.25, -0.2) is 4.79 Å². The van der Waals surface area contributed by atoms with Gasteiger partial charge in [-0.05, 0) is 45.2 Å². The fourth-order valence-corrected chi connectivity index (χ4v) is 3.62. The van der Waals surface area contributed by atoms with E-state index >= 15 is 0 Å². The highest BCUT2D eigenvalue weighted by Gasteiger charge is 2.27. The number of benzene rings is 1. The van der Waals surface area contributed by atoms with Crippen LogP contribution < -0.4 is 10.6 Å². The van der Waals surface area contributed by atoms with Crippen LogP contribution in [0, 0.1) is 5.92 Å². The lowest BCUT2D eigenvalue weighted by Crippen LogP contribution is -2.53.